The number of carboxylic acid groups (broad SMARTS) is 1. The summed E-state index contributed by atoms with van der Waals surface area (Å²) in [4.78, 5) is 47.4. The van der Waals surface area contributed by atoms with Gasteiger partial charge in [-0.05, 0) is 29.2 Å². The lowest BCUT2D eigenvalue weighted by Crippen LogP contribution is -2.46. The molecule has 0 bridgehead atoms. The fraction of sp³-hybridized carbons (Fsp3) is 0.250. The minimum absolute atomic E-state index is 0.00771. The number of carbonyl (C=O) groups is 4. The van der Waals surface area contributed by atoms with Crippen molar-refractivity contribution in [1.29, 1.82) is 0 Å². The van der Waals surface area contributed by atoms with E-state index in [0.717, 1.165) is 27.3 Å². The van der Waals surface area contributed by atoms with Crippen LogP contribution in [0.1, 0.15) is 30.4 Å². The van der Waals surface area contributed by atoms with Gasteiger partial charge >= 0.3 is 12.1 Å². The highest BCUT2D eigenvalue weighted by Crippen LogP contribution is 2.44. The summed E-state index contributed by atoms with van der Waals surface area (Å²) in [7, 11) is 0. The van der Waals surface area contributed by atoms with Crippen LogP contribution in [0.3, 0.4) is 0 Å². The highest BCUT2D eigenvalue weighted by atomic mass is 16.5. The van der Waals surface area contributed by atoms with Crippen LogP contribution in [0.5, 0.6) is 0 Å². The van der Waals surface area contributed by atoms with Crippen molar-refractivity contribution in [3.63, 3.8) is 0 Å². The standard InChI is InChI=1S/C24H23N3O6/c1-14(22(29)27-20(23(30)31)12-21(28)26-27)10-11-25-24(32)33-13-19-17-8-4-2-6-15(17)16-7-3-5-9-18(16)19/h2-10,19-20H,11-13H2,1H3,(H,25,32)(H,26,28)(H,30,31)/b14-10+. The van der Waals surface area contributed by atoms with Gasteiger partial charge in [-0.3, -0.25) is 15.0 Å². The van der Waals surface area contributed by atoms with Gasteiger partial charge < -0.3 is 15.2 Å². The van der Waals surface area contributed by atoms with Gasteiger partial charge in [-0.1, -0.05) is 54.6 Å². The van der Waals surface area contributed by atoms with E-state index in [9.17, 15) is 24.3 Å². The molecule has 1 heterocycles. The number of aliphatic carboxylic acids is 1. The summed E-state index contributed by atoms with van der Waals surface area (Å²) in [5, 5.41) is 12.5. The Morgan fingerprint density at radius 2 is 1.73 bits per heavy atom. The zero-order valence-electron chi connectivity index (χ0n) is 17.9. The second-order valence-electron chi connectivity index (χ2n) is 7.86. The van der Waals surface area contributed by atoms with Crippen LogP contribution in [0.2, 0.25) is 0 Å². The number of fused-ring (bicyclic) bond motifs is 3. The molecule has 1 saturated heterocycles. The van der Waals surface area contributed by atoms with E-state index < -0.39 is 29.9 Å². The Kier molecular flexibility index (Phi) is 6.12. The van der Waals surface area contributed by atoms with E-state index in [1.807, 2.05) is 36.4 Å². The van der Waals surface area contributed by atoms with E-state index in [2.05, 4.69) is 22.9 Å². The highest BCUT2D eigenvalue weighted by Gasteiger charge is 2.39. The predicted molar refractivity (Wildman–Crippen MR) is 118 cm³/mol. The van der Waals surface area contributed by atoms with Crippen molar-refractivity contribution in [2.75, 3.05) is 13.2 Å². The smallest absolute Gasteiger partial charge is 0.407 e. The third kappa shape index (κ3) is 4.43. The van der Waals surface area contributed by atoms with Gasteiger partial charge in [0.05, 0.1) is 6.42 Å². The van der Waals surface area contributed by atoms with Crippen molar-refractivity contribution >= 4 is 23.9 Å². The van der Waals surface area contributed by atoms with Gasteiger partial charge in [-0.15, -0.1) is 0 Å². The van der Waals surface area contributed by atoms with Gasteiger partial charge in [0, 0.05) is 18.0 Å². The molecule has 3 amide bonds. The molecule has 1 atom stereocenters. The van der Waals surface area contributed by atoms with Crippen LogP contribution in [0.15, 0.2) is 60.2 Å². The first kappa shape index (κ1) is 22.1. The van der Waals surface area contributed by atoms with Gasteiger partial charge in [-0.25, -0.2) is 14.6 Å². The number of amides is 3. The molecule has 0 spiro atoms. The van der Waals surface area contributed by atoms with Crippen LogP contribution in [-0.2, 0) is 19.1 Å². The van der Waals surface area contributed by atoms with Gasteiger partial charge in [0.25, 0.3) is 5.91 Å². The van der Waals surface area contributed by atoms with Crippen molar-refractivity contribution in [3.05, 3.63) is 71.3 Å². The van der Waals surface area contributed by atoms with Crippen molar-refractivity contribution in [3.8, 4) is 11.1 Å². The normalized spacial score (nSPS) is 17.2. The number of rotatable bonds is 6. The van der Waals surface area contributed by atoms with Gasteiger partial charge in [0.15, 0.2) is 6.04 Å². The minimum atomic E-state index is -1.27. The van der Waals surface area contributed by atoms with E-state index in [-0.39, 0.29) is 31.1 Å². The minimum Gasteiger partial charge on any atom is -0.480 e. The summed E-state index contributed by atoms with van der Waals surface area (Å²) in [6.45, 7) is 1.65. The number of carboxylic acids is 1. The van der Waals surface area contributed by atoms with E-state index in [4.69, 9.17) is 4.74 Å². The average Bonchev–Trinajstić information content (AvgIpc) is 3.35. The molecule has 1 aliphatic carbocycles. The van der Waals surface area contributed by atoms with Gasteiger partial charge in [0.2, 0.25) is 5.91 Å². The second-order valence-corrected chi connectivity index (χ2v) is 7.86. The number of nitrogens with one attached hydrogen (secondary N) is 2. The number of alkyl carbamates (subject to hydrolysis) is 1. The van der Waals surface area contributed by atoms with E-state index in [0.29, 0.717) is 0 Å². The third-order valence-electron chi connectivity index (χ3n) is 5.78. The number of hydrogen-bond donors (Lipinski definition) is 3. The van der Waals surface area contributed by atoms with Crippen LogP contribution >= 0.6 is 0 Å². The van der Waals surface area contributed by atoms with Crippen LogP contribution in [0.25, 0.3) is 11.1 Å². The van der Waals surface area contributed by atoms with Crippen molar-refractivity contribution in [2.24, 2.45) is 0 Å². The number of ether oxygens (including phenoxy) is 1. The van der Waals surface area contributed by atoms with Crippen LogP contribution in [0, 0.1) is 0 Å². The Morgan fingerprint density at radius 1 is 1.12 bits per heavy atom. The molecule has 3 N–H and O–H groups in total. The predicted octanol–water partition coefficient (Wildman–Crippen LogP) is 2.19. The summed E-state index contributed by atoms with van der Waals surface area (Å²) in [5.74, 6) is -2.53. The molecular formula is C24H23N3O6. The van der Waals surface area contributed by atoms with Crippen LogP contribution in [-0.4, -0.2) is 53.2 Å². The molecule has 170 valence electrons. The molecule has 0 saturated carbocycles. The molecular weight excluding hydrogens is 426 g/mol. The molecule has 1 fully saturated rings. The zero-order valence-corrected chi connectivity index (χ0v) is 17.9. The quantitative estimate of drug-likeness (QED) is 0.581. The second kappa shape index (κ2) is 9.15. The number of nitrogens with zero attached hydrogens (tertiary/aromatic N) is 1. The van der Waals surface area contributed by atoms with E-state index >= 15 is 0 Å². The Bertz CT molecular complexity index is 1110. The topological polar surface area (TPSA) is 125 Å². The number of hydrogen-bond acceptors (Lipinski definition) is 5. The Morgan fingerprint density at radius 3 is 2.33 bits per heavy atom. The number of carbonyl (C=O) groups excluding carboxylic acids is 3. The molecule has 4 rings (SSSR count). The highest BCUT2D eigenvalue weighted by molar-refractivity contribution is 6.00. The number of hydrazine groups is 1. The third-order valence-corrected chi connectivity index (χ3v) is 5.78. The van der Waals surface area contributed by atoms with Crippen molar-refractivity contribution in [2.45, 2.75) is 25.3 Å². The first-order valence-electron chi connectivity index (χ1n) is 10.5. The summed E-state index contributed by atoms with van der Waals surface area (Å²) >= 11 is 0. The van der Waals surface area contributed by atoms with Gasteiger partial charge in [0.1, 0.15) is 6.61 Å². The molecule has 33 heavy (non-hydrogen) atoms. The molecule has 9 heteroatoms. The first-order chi connectivity index (χ1) is 15.9. The van der Waals surface area contributed by atoms with Crippen LogP contribution in [0.4, 0.5) is 4.79 Å². The number of benzene rings is 2. The molecule has 9 nitrogen and oxygen atoms in total. The largest absolute Gasteiger partial charge is 0.480 e. The van der Waals surface area contributed by atoms with Gasteiger partial charge in [-0.2, -0.15) is 0 Å². The fourth-order valence-electron chi connectivity index (χ4n) is 4.13. The van der Waals surface area contributed by atoms with E-state index in [1.165, 1.54) is 13.0 Å². The molecule has 0 radical (unpaired) electrons. The van der Waals surface area contributed by atoms with Crippen LogP contribution < -0.4 is 10.7 Å². The lowest BCUT2D eigenvalue weighted by atomic mass is 9.98. The fourth-order valence-corrected chi connectivity index (χ4v) is 4.13. The van der Waals surface area contributed by atoms with Crippen molar-refractivity contribution in [1.82, 2.24) is 15.8 Å². The Balaban J connectivity index is 1.32. The summed E-state index contributed by atoms with van der Waals surface area (Å²) < 4.78 is 5.43. The molecule has 1 aliphatic heterocycles. The Hall–Kier alpha value is -4.14. The zero-order chi connectivity index (χ0) is 23.5. The first-order valence-corrected chi connectivity index (χ1v) is 10.5. The molecule has 2 aromatic carbocycles. The maximum Gasteiger partial charge on any atom is 0.407 e. The maximum atomic E-state index is 12.5. The molecule has 2 aromatic rings. The molecule has 0 aromatic heterocycles. The van der Waals surface area contributed by atoms with Crippen molar-refractivity contribution < 1.29 is 29.0 Å². The lowest BCUT2D eigenvalue weighted by molar-refractivity contribution is -0.148. The SMILES string of the molecule is C/C(=C\CNC(=O)OCC1c2ccccc2-c2ccccc21)C(=O)N1NC(=O)CC1C(=O)O. The Labute approximate surface area is 190 Å². The maximum absolute atomic E-state index is 12.5. The summed E-state index contributed by atoms with van der Waals surface area (Å²) in [5.41, 5.74) is 6.90. The monoisotopic (exact) mass is 449 g/mol. The lowest BCUT2D eigenvalue weighted by Gasteiger charge is -2.20. The summed E-state index contributed by atoms with van der Waals surface area (Å²) in [6, 6.07) is 14.8. The average molecular weight is 449 g/mol. The summed E-state index contributed by atoms with van der Waals surface area (Å²) in [6.07, 6.45) is 0.505. The molecule has 1 unspecified atom stereocenters. The molecule has 2 aliphatic rings. The van der Waals surface area contributed by atoms with E-state index in [1.54, 1.807) is 0 Å².